The van der Waals surface area contributed by atoms with Crippen LogP contribution < -0.4 is 10.1 Å². The van der Waals surface area contributed by atoms with Gasteiger partial charge in [0.25, 0.3) is 0 Å². The third-order valence-electron chi connectivity index (χ3n) is 4.52. The van der Waals surface area contributed by atoms with E-state index in [9.17, 15) is 9.59 Å². The number of amides is 1. The molecular formula is C21H25NO4S. The molecule has 0 radical (unpaired) electrons. The van der Waals surface area contributed by atoms with Gasteiger partial charge in [-0.05, 0) is 36.1 Å². The van der Waals surface area contributed by atoms with Crippen molar-refractivity contribution in [3.05, 3.63) is 65.7 Å². The molecule has 27 heavy (non-hydrogen) atoms. The fraction of sp³-hybridized carbons (Fsp3) is 0.333. The van der Waals surface area contributed by atoms with Crippen LogP contribution in [0.25, 0.3) is 0 Å². The molecule has 0 aliphatic carbocycles. The number of carbonyl (C=O) groups is 2. The molecule has 2 rings (SSSR count). The second-order valence-electron chi connectivity index (χ2n) is 6.49. The van der Waals surface area contributed by atoms with Gasteiger partial charge in [0.2, 0.25) is 5.91 Å². The molecule has 0 aliphatic heterocycles. The molecule has 0 saturated carbocycles. The highest BCUT2D eigenvalue weighted by molar-refractivity contribution is 7.80. The molecule has 0 fully saturated rings. The van der Waals surface area contributed by atoms with Gasteiger partial charge in [-0.3, -0.25) is 9.59 Å². The van der Waals surface area contributed by atoms with Crippen LogP contribution in [0.5, 0.6) is 5.75 Å². The fourth-order valence-corrected chi connectivity index (χ4v) is 3.17. The third kappa shape index (κ3) is 6.03. The van der Waals surface area contributed by atoms with Crippen LogP contribution in [-0.2, 0) is 16.2 Å². The molecule has 0 saturated heterocycles. The molecule has 6 heteroatoms. The van der Waals surface area contributed by atoms with Gasteiger partial charge in [0, 0.05) is 5.75 Å². The Labute approximate surface area is 165 Å². The largest absolute Gasteiger partial charge is 0.489 e. The molecule has 5 nitrogen and oxygen atoms in total. The average Bonchev–Trinajstić information content (AvgIpc) is 2.68. The van der Waals surface area contributed by atoms with Gasteiger partial charge >= 0.3 is 5.97 Å². The monoisotopic (exact) mass is 387 g/mol. The summed E-state index contributed by atoms with van der Waals surface area (Å²) in [6.07, 6.45) is 0. The summed E-state index contributed by atoms with van der Waals surface area (Å²) in [5.74, 6) is -0.823. The van der Waals surface area contributed by atoms with E-state index in [1.165, 1.54) is 6.92 Å². The molecule has 3 atom stereocenters. The molecule has 2 aromatic rings. The van der Waals surface area contributed by atoms with Crippen LogP contribution in [0, 0.1) is 5.92 Å². The minimum Gasteiger partial charge on any atom is -0.489 e. The third-order valence-corrected chi connectivity index (χ3v) is 4.91. The number of ether oxygens (including phenoxy) is 1. The Morgan fingerprint density at radius 1 is 1.07 bits per heavy atom. The Morgan fingerprint density at radius 3 is 2.26 bits per heavy atom. The summed E-state index contributed by atoms with van der Waals surface area (Å²) in [6.45, 7) is 3.87. The molecule has 2 N–H and O–H groups in total. The molecule has 0 aliphatic rings. The average molecular weight is 388 g/mol. The maximum Gasteiger partial charge on any atom is 0.325 e. The zero-order valence-electron chi connectivity index (χ0n) is 15.5. The summed E-state index contributed by atoms with van der Waals surface area (Å²) in [7, 11) is 0. The summed E-state index contributed by atoms with van der Waals surface area (Å²) < 4.78 is 5.78. The first-order valence-corrected chi connectivity index (χ1v) is 9.46. The number of hydrogen-bond donors (Lipinski definition) is 3. The number of thiol groups is 1. The lowest BCUT2D eigenvalue weighted by molar-refractivity contribution is -0.141. The van der Waals surface area contributed by atoms with E-state index in [-0.39, 0.29) is 11.8 Å². The Hall–Kier alpha value is -2.47. The topological polar surface area (TPSA) is 75.6 Å². The lowest BCUT2D eigenvalue weighted by atomic mass is 9.88. The Morgan fingerprint density at radius 2 is 1.70 bits per heavy atom. The number of nitrogens with one attached hydrogen (secondary N) is 1. The maximum absolute atomic E-state index is 12.4. The second kappa shape index (κ2) is 10.0. The molecule has 2 unspecified atom stereocenters. The molecule has 0 spiro atoms. The number of hydrogen-bond acceptors (Lipinski definition) is 4. The Kier molecular flexibility index (Phi) is 7.73. The van der Waals surface area contributed by atoms with Gasteiger partial charge in [0.05, 0.1) is 5.92 Å². The lowest BCUT2D eigenvalue weighted by Gasteiger charge is -2.23. The zero-order valence-corrected chi connectivity index (χ0v) is 16.4. The number of carboxylic acids is 1. The number of carbonyl (C=O) groups excluding carboxylic acids is 1. The quantitative estimate of drug-likeness (QED) is 0.576. The van der Waals surface area contributed by atoms with Crippen molar-refractivity contribution in [2.24, 2.45) is 5.92 Å². The summed E-state index contributed by atoms with van der Waals surface area (Å²) in [5, 5.41) is 11.5. The van der Waals surface area contributed by atoms with Crippen LogP contribution in [0.15, 0.2) is 54.6 Å². The van der Waals surface area contributed by atoms with Crippen LogP contribution in [-0.4, -0.2) is 28.8 Å². The van der Waals surface area contributed by atoms with Gasteiger partial charge in [-0.15, -0.1) is 0 Å². The first-order valence-electron chi connectivity index (χ1n) is 8.83. The van der Waals surface area contributed by atoms with E-state index in [0.29, 0.717) is 12.4 Å². The number of carboxylic acid groups (broad SMARTS) is 1. The first-order chi connectivity index (χ1) is 12.9. The van der Waals surface area contributed by atoms with Crippen molar-refractivity contribution in [1.29, 1.82) is 0 Å². The minimum absolute atomic E-state index is 0.105. The van der Waals surface area contributed by atoms with E-state index in [1.54, 1.807) is 0 Å². The van der Waals surface area contributed by atoms with E-state index < -0.39 is 17.9 Å². The van der Waals surface area contributed by atoms with Crippen LogP contribution in [0.2, 0.25) is 0 Å². The van der Waals surface area contributed by atoms with Crippen molar-refractivity contribution in [2.45, 2.75) is 32.4 Å². The van der Waals surface area contributed by atoms with Crippen molar-refractivity contribution in [1.82, 2.24) is 5.32 Å². The van der Waals surface area contributed by atoms with Crippen molar-refractivity contribution < 1.29 is 19.4 Å². The van der Waals surface area contributed by atoms with Crippen LogP contribution in [0.3, 0.4) is 0 Å². The number of benzene rings is 2. The SMILES string of the molecule is CC(c1ccc(OCc2ccccc2)cc1)C(CS)C(=O)N[C@@H](C)C(=O)O. The maximum atomic E-state index is 12.4. The van der Waals surface area contributed by atoms with E-state index in [4.69, 9.17) is 9.84 Å². The van der Waals surface area contributed by atoms with Crippen LogP contribution in [0.1, 0.15) is 30.9 Å². The smallest absolute Gasteiger partial charge is 0.325 e. The van der Waals surface area contributed by atoms with Gasteiger partial charge < -0.3 is 15.2 Å². The standard InChI is InChI=1S/C21H25NO4S/c1-14(19(13-27)20(23)22-15(2)21(24)25)17-8-10-18(11-9-17)26-12-16-6-4-3-5-7-16/h3-11,14-15,19,27H,12-13H2,1-2H3,(H,22,23)(H,24,25)/t14?,15-,19?/m0/s1. The van der Waals surface area contributed by atoms with Gasteiger partial charge in [0.15, 0.2) is 0 Å². The zero-order chi connectivity index (χ0) is 19.8. The molecule has 1 amide bonds. The highest BCUT2D eigenvalue weighted by Crippen LogP contribution is 2.27. The van der Waals surface area contributed by atoms with Gasteiger partial charge in [-0.1, -0.05) is 49.4 Å². The van der Waals surface area contributed by atoms with Crippen molar-refractivity contribution in [3.63, 3.8) is 0 Å². The highest BCUT2D eigenvalue weighted by atomic mass is 32.1. The number of rotatable bonds is 9. The second-order valence-corrected chi connectivity index (χ2v) is 6.85. The summed E-state index contributed by atoms with van der Waals surface area (Å²) >= 11 is 4.28. The summed E-state index contributed by atoms with van der Waals surface area (Å²) in [6, 6.07) is 16.6. The predicted molar refractivity (Wildman–Crippen MR) is 108 cm³/mol. The van der Waals surface area contributed by atoms with E-state index in [1.807, 2.05) is 61.5 Å². The molecular weight excluding hydrogens is 362 g/mol. The fourth-order valence-electron chi connectivity index (χ4n) is 2.69. The van der Waals surface area contributed by atoms with Crippen LogP contribution >= 0.6 is 12.6 Å². The van der Waals surface area contributed by atoms with Crippen LogP contribution in [0.4, 0.5) is 0 Å². The summed E-state index contributed by atoms with van der Waals surface area (Å²) in [4.78, 5) is 23.3. The van der Waals surface area contributed by atoms with E-state index >= 15 is 0 Å². The molecule has 0 heterocycles. The van der Waals surface area contributed by atoms with Crippen molar-refractivity contribution in [3.8, 4) is 5.75 Å². The van der Waals surface area contributed by atoms with Crippen molar-refractivity contribution in [2.75, 3.05) is 5.75 Å². The first kappa shape index (κ1) is 20.8. The predicted octanol–water partition coefficient (Wildman–Crippen LogP) is 3.50. The Balaban J connectivity index is 1.99. The van der Waals surface area contributed by atoms with Gasteiger partial charge in [-0.25, -0.2) is 0 Å². The highest BCUT2D eigenvalue weighted by Gasteiger charge is 2.27. The lowest BCUT2D eigenvalue weighted by Crippen LogP contribution is -2.43. The molecule has 0 bridgehead atoms. The van der Waals surface area contributed by atoms with Crippen molar-refractivity contribution >= 4 is 24.5 Å². The summed E-state index contributed by atoms with van der Waals surface area (Å²) in [5.41, 5.74) is 2.06. The molecule has 2 aromatic carbocycles. The Bertz CT molecular complexity index is 749. The van der Waals surface area contributed by atoms with Gasteiger partial charge in [-0.2, -0.15) is 12.6 Å². The molecule has 144 valence electrons. The van der Waals surface area contributed by atoms with E-state index in [0.717, 1.165) is 16.9 Å². The minimum atomic E-state index is -1.06. The van der Waals surface area contributed by atoms with Gasteiger partial charge in [0.1, 0.15) is 18.4 Å². The number of aliphatic carboxylic acids is 1. The normalized spacial score (nSPS) is 14.0. The molecule has 0 aromatic heterocycles. The van der Waals surface area contributed by atoms with E-state index in [2.05, 4.69) is 17.9 Å².